The van der Waals surface area contributed by atoms with Gasteiger partial charge < -0.3 is 20.1 Å². The summed E-state index contributed by atoms with van der Waals surface area (Å²) in [5.74, 6) is -2.07. The number of rotatable bonds is 11. The van der Waals surface area contributed by atoms with Gasteiger partial charge >= 0.3 is 0 Å². The summed E-state index contributed by atoms with van der Waals surface area (Å²) in [6, 6.07) is 4.00. The summed E-state index contributed by atoms with van der Waals surface area (Å²) < 4.78 is 11.2. The molecule has 3 aliphatic rings. The van der Waals surface area contributed by atoms with E-state index >= 15 is 0 Å². The minimum atomic E-state index is -0.979. The Hall–Kier alpha value is -2.28. The number of carbonyl (C=O) groups is 4. The van der Waals surface area contributed by atoms with E-state index in [1.165, 1.54) is 0 Å². The summed E-state index contributed by atoms with van der Waals surface area (Å²) in [6.45, 7) is 7.58. The molecule has 1 atom stereocenters. The molecule has 4 amide bonds. The Kier molecular flexibility index (Phi) is 12.0. The van der Waals surface area contributed by atoms with Crippen molar-refractivity contribution >= 4 is 54.1 Å². The molecule has 3 heterocycles. The molecule has 200 valence electrons. The number of nitrogens with one attached hydrogen (secondary N) is 3. The van der Waals surface area contributed by atoms with Crippen molar-refractivity contribution in [3.63, 3.8) is 0 Å². The maximum absolute atomic E-state index is 13.0. The molecule has 0 radical (unpaired) electrons. The Bertz CT molecular complexity index is 944. The zero-order valence-corrected chi connectivity index (χ0v) is 21.6. The SMILES string of the molecule is Cl.Cl.O=C1CCC(N2C(=O)c3cccc(NCCOCCOCCN4CCNCC4)c3C2=O)C(=O)N1. The molecule has 0 bridgehead atoms. The zero-order chi connectivity index (χ0) is 23.9. The van der Waals surface area contributed by atoms with Crippen LogP contribution in [0.25, 0.3) is 0 Å². The van der Waals surface area contributed by atoms with Crippen molar-refractivity contribution in [3.8, 4) is 0 Å². The minimum absolute atomic E-state index is 0. The van der Waals surface area contributed by atoms with Crippen LogP contribution in [0.4, 0.5) is 5.69 Å². The molecule has 1 unspecified atom stereocenters. The lowest BCUT2D eigenvalue weighted by molar-refractivity contribution is -0.136. The quantitative estimate of drug-likeness (QED) is 0.265. The monoisotopic (exact) mass is 545 g/mol. The number of nitrogens with zero attached hydrogens (tertiary/aromatic N) is 2. The van der Waals surface area contributed by atoms with E-state index in [1.807, 2.05) is 0 Å². The number of imide groups is 2. The van der Waals surface area contributed by atoms with Gasteiger partial charge in [0.2, 0.25) is 11.8 Å². The predicted molar refractivity (Wildman–Crippen MR) is 137 cm³/mol. The molecule has 13 heteroatoms. The van der Waals surface area contributed by atoms with Crippen molar-refractivity contribution in [1.29, 1.82) is 0 Å². The van der Waals surface area contributed by atoms with Crippen LogP contribution >= 0.6 is 24.8 Å². The average molecular weight is 546 g/mol. The number of ether oxygens (including phenoxy) is 2. The van der Waals surface area contributed by atoms with Gasteiger partial charge in [0.15, 0.2) is 0 Å². The van der Waals surface area contributed by atoms with E-state index in [4.69, 9.17) is 9.47 Å². The second-order valence-corrected chi connectivity index (χ2v) is 8.42. The molecule has 3 N–H and O–H groups in total. The molecule has 2 fully saturated rings. The van der Waals surface area contributed by atoms with Crippen molar-refractivity contribution in [2.45, 2.75) is 18.9 Å². The first-order valence-corrected chi connectivity index (χ1v) is 11.7. The third kappa shape index (κ3) is 7.15. The van der Waals surface area contributed by atoms with Crippen molar-refractivity contribution in [2.24, 2.45) is 0 Å². The lowest BCUT2D eigenvalue weighted by atomic mass is 10.0. The van der Waals surface area contributed by atoms with Gasteiger partial charge in [-0.2, -0.15) is 0 Å². The molecule has 0 saturated carbocycles. The first-order chi connectivity index (χ1) is 16.6. The number of piperazine rings is 1. The molecule has 11 nitrogen and oxygen atoms in total. The number of carbonyl (C=O) groups excluding carboxylic acids is 4. The smallest absolute Gasteiger partial charge is 0.264 e. The lowest BCUT2D eigenvalue weighted by Gasteiger charge is -2.27. The summed E-state index contributed by atoms with van der Waals surface area (Å²) in [5.41, 5.74) is 1.01. The Balaban J connectivity index is 0.00000228. The van der Waals surface area contributed by atoms with Gasteiger partial charge in [0.1, 0.15) is 6.04 Å². The van der Waals surface area contributed by atoms with E-state index in [0.717, 1.165) is 37.6 Å². The van der Waals surface area contributed by atoms with Gasteiger partial charge in [-0.1, -0.05) is 6.07 Å². The van der Waals surface area contributed by atoms with Crippen LogP contribution in [-0.2, 0) is 19.1 Å². The highest BCUT2D eigenvalue weighted by Crippen LogP contribution is 2.32. The van der Waals surface area contributed by atoms with E-state index in [-0.39, 0.29) is 48.8 Å². The molecule has 0 aliphatic carbocycles. The number of hydrogen-bond acceptors (Lipinski definition) is 9. The van der Waals surface area contributed by atoms with E-state index in [2.05, 4.69) is 20.9 Å². The summed E-state index contributed by atoms with van der Waals surface area (Å²) in [4.78, 5) is 52.9. The lowest BCUT2D eigenvalue weighted by Crippen LogP contribution is -2.54. The molecule has 0 aromatic heterocycles. The second kappa shape index (κ2) is 14.5. The molecular weight excluding hydrogens is 513 g/mol. The van der Waals surface area contributed by atoms with Crippen LogP contribution in [0.1, 0.15) is 33.6 Å². The summed E-state index contributed by atoms with van der Waals surface area (Å²) in [6.07, 6.45) is 0.218. The Morgan fingerprint density at radius 1 is 0.944 bits per heavy atom. The molecule has 1 aromatic carbocycles. The summed E-state index contributed by atoms with van der Waals surface area (Å²) in [5, 5.41) is 8.67. The Labute approximate surface area is 222 Å². The molecule has 4 rings (SSSR count). The molecule has 3 aliphatic heterocycles. The van der Waals surface area contributed by atoms with Crippen LogP contribution in [0.5, 0.6) is 0 Å². The topological polar surface area (TPSA) is 129 Å². The third-order valence-electron chi connectivity index (χ3n) is 6.16. The first-order valence-electron chi connectivity index (χ1n) is 11.7. The van der Waals surface area contributed by atoms with Gasteiger partial charge in [0.25, 0.3) is 11.8 Å². The van der Waals surface area contributed by atoms with Gasteiger partial charge in [-0.05, 0) is 18.6 Å². The summed E-state index contributed by atoms with van der Waals surface area (Å²) >= 11 is 0. The average Bonchev–Trinajstić information content (AvgIpc) is 3.09. The van der Waals surface area contributed by atoms with Crippen LogP contribution < -0.4 is 16.0 Å². The van der Waals surface area contributed by atoms with Crippen molar-refractivity contribution in [2.75, 3.05) is 71.0 Å². The molecule has 1 aromatic rings. The van der Waals surface area contributed by atoms with Crippen molar-refractivity contribution < 1.29 is 28.7 Å². The van der Waals surface area contributed by atoms with Crippen molar-refractivity contribution in [3.05, 3.63) is 29.3 Å². The van der Waals surface area contributed by atoms with Crippen LogP contribution in [-0.4, -0.2) is 105 Å². The number of fused-ring (bicyclic) bond motifs is 1. The third-order valence-corrected chi connectivity index (χ3v) is 6.16. The van der Waals surface area contributed by atoms with E-state index < -0.39 is 29.7 Å². The number of anilines is 1. The Morgan fingerprint density at radius 3 is 2.39 bits per heavy atom. The fourth-order valence-corrected chi connectivity index (χ4v) is 4.37. The fraction of sp³-hybridized carbons (Fsp3) is 0.565. The summed E-state index contributed by atoms with van der Waals surface area (Å²) in [7, 11) is 0. The van der Waals surface area contributed by atoms with E-state index in [9.17, 15) is 19.2 Å². The van der Waals surface area contributed by atoms with Crippen LogP contribution in [0, 0.1) is 0 Å². The van der Waals surface area contributed by atoms with Gasteiger partial charge in [-0.3, -0.25) is 34.3 Å². The molecule has 2 saturated heterocycles. The van der Waals surface area contributed by atoms with Gasteiger partial charge in [0.05, 0.1) is 37.6 Å². The standard InChI is InChI=1S/C23H31N5O6.2ClH/c29-19-5-4-18(21(30)26-19)28-22(31)16-2-1-3-17(20(16)23(28)32)25-8-12-33-14-15-34-13-11-27-9-6-24-7-10-27;;/h1-3,18,24-25H,4-15H2,(H,26,29,30);2*1H. The predicted octanol–water partition coefficient (Wildman–Crippen LogP) is 0.282. The molecule has 0 spiro atoms. The normalized spacial score (nSPS) is 19.9. The fourth-order valence-electron chi connectivity index (χ4n) is 4.37. The van der Waals surface area contributed by atoms with Crippen LogP contribution in [0.15, 0.2) is 18.2 Å². The van der Waals surface area contributed by atoms with E-state index in [0.29, 0.717) is 38.7 Å². The van der Waals surface area contributed by atoms with Gasteiger partial charge in [-0.15, -0.1) is 24.8 Å². The van der Waals surface area contributed by atoms with Crippen LogP contribution in [0.2, 0.25) is 0 Å². The maximum Gasteiger partial charge on any atom is 0.264 e. The Morgan fingerprint density at radius 2 is 1.67 bits per heavy atom. The number of halogens is 2. The van der Waals surface area contributed by atoms with Gasteiger partial charge in [-0.25, -0.2) is 0 Å². The largest absolute Gasteiger partial charge is 0.382 e. The number of hydrogen-bond donors (Lipinski definition) is 3. The maximum atomic E-state index is 13.0. The van der Waals surface area contributed by atoms with Gasteiger partial charge in [0, 0.05) is 51.4 Å². The number of piperidine rings is 1. The second-order valence-electron chi connectivity index (χ2n) is 8.42. The number of amides is 4. The highest BCUT2D eigenvalue weighted by atomic mass is 35.5. The highest BCUT2D eigenvalue weighted by molar-refractivity contribution is 6.25. The molecular formula is C23H33Cl2N5O6. The van der Waals surface area contributed by atoms with Crippen LogP contribution in [0.3, 0.4) is 0 Å². The number of benzene rings is 1. The molecule has 36 heavy (non-hydrogen) atoms. The van der Waals surface area contributed by atoms with Crippen molar-refractivity contribution in [1.82, 2.24) is 20.4 Å². The first kappa shape index (κ1) is 29.9. The minimum Gasteiger partial charge on any atom is -0.382 e. The zero-order valence-electron chi connectivity index (χ0n) is 20.0. The van der Waals surface area contributed by atoms with E-state index in [1.54, 1.807) is 18.2 Å². The highest BCUT2D eigenvalue weighted by Gasteiger charge is 2.45.